The minimum atomic E-state index is -4.25. The molecule has 0 radical (unpaired) electrons. The Morgan fingerprint density at radius 3 is 2.64 bits per heavy atom. The van der Waals surface area contributed by atoms with Crippen LogP contribution in [0, 0.1) is 17.1 Å². The van der Waals surface area contributed by atoms with Gasteiger partial charge in [0, 0.05) is 18.2 Å². The Morgan fingerprint density at radius 2 is 1.93 bits per heavy atom. The number of nitrogens with one attached hydrogen (secondary N) is 1. The lowest BCUT2D eigenvalue weighted by Crippen LogP contribution is -2.34. The number of aromatic nitrogens is 3. The van der Waals surface area contributed by atoms with E-state index in [4.69, 9.17) is 15.0 Å². The third-order valence-electron chi connectivity index (χ3n) is 8.22. The van der Waals surface area contributed by atoms with Crippen LogP contribution in [0.1, 0.15) is 59.0 Å². The van der Waals surface area contributed by atoms with Gasteiger partial charge in [-0.1, -0.05) is 6.07 Å². The van der Waals surface area contributed by atoms with Crippen LogP contribution in [0.25, 0.3) is 11.0 Å². The van der Waals surface area contributed by atoms with Gasteiger partial charge in [0.25, 0.3) is 10.0 Å². The molecule has 0 saturated carbocycles. The quantitative estimate of drug-likeness (QED) is 0.276. The van der Waals surface area contributed by atoms with Crippen LogP contribution in [0.15, 0.2) is 59.5 Å². The lowest BCUT2D eigenvalue weighted by molar-refractivity contribution is 0.0697. The van der Waals surface area contributed by atoms with Crippen LogP contribution in [0.4, 0.5) is 10.2 Å². The van der Waals surface area contributed by atoms with Gasteiger partial charge in [0.15, 0.2) is 0 Å². The number of nitriles is 1. The summed E-state index contributed by atoms with van der Waals surface area (Å²) in [5.41, 5.74) is 2.53. The SMILES string of the molecule is N#Cc1ccc(S(=O)(=O)Nc2cccc(C3CCN(Cc4nc5ccc(C(=O)O)cc5n4C[C@@H]4CCCO4)CC3)n2)c(F)c1. The molecule has 11 nitrogen and oxygen atoms in total. The van der Waals surface area contributed by atoms with Gasteiger partial charge in [-0.05, 0) is 87.3 Å². The van der Waals surface area contributed by atoms with Crippen LogP contribution in [-0.2, 0) is 27.8 Å². The molecule has 228 valence electrons. The van der Waals surface area contributed by atoms with Crippen LogP contribution >= 0.6 is 0 Å². The van der Waals surface area contributed by atoms with Crippen LogP contribution in [-0.4, -0.2) is 64.7 Å². The Hall–Kier alpha value is -4.38. The fourth-order valence-electron chi connectivity index (χ4n) is 5.93. The number of pyridine rings is 1. The highest BCUT2D eigenvalue weighted by Crippen LogP contribution is 2.30. The number of halogens is 1. The van der Waals surface area contributed by atoms with Crippen molar-refractivity contribution in [3.8, 4) is 6.07 Å². The first kappa shape index (κ1) is 29.7. The van der Waals surface area contributed by atoms with Gasteiger partial charge >= 0.3 is 5.97 Å². The number of hydrogen-bond acceptors (Lipinski definition) is 8. The summed E-state index contributed by atoms with van der Waals surface area (Å²) in [4.78, 5) is 22.8. The van der Waals surface area contributed by atoms with Gasteiger partial charge in [-0.25, -0.2) is 27.6 Å². The van der Waals surface area contributed by atoms with Gasteiger partial charge in [-0.15, -0.1) is 0 Å². The summed E-state index contributed by atoms with van der Waals surface area (Å²) < 4.78 is 50.5. The van der Waals surface area contributed by atoms with Crippen molar-refractivity contribution in [1.29, 1.82) is 5.26 Å². The molecule has 0 spiro atoms. The second kappa shape index (κ2) is 12.3. The Kier molecular flexibility index (Phi) is 8.31. The number of aromatic carboxylic acids is 1. The first-order valence-corrected chi connectivity index (χ1v) is 15.9. The number of imidazole rings is 1. The number of anilines is 1. The lowest BCUT2D eigenvalue weighted by atomic mass is 9.93. The van der Waals surface area contributed by atoms with Crippen molar-refractivity contribution >= 4 is 32.8 Å². The molecule has 0 bridgehead atoms. The van der Waals surface area contributed by atoms with Crippen molar-refractivity contribution in [2.75, 3.05) is 24.4 Å². The molecule has 13 heteroatoms. The first-order valence-electron chi connectivity index (χ1n) is 14.5. The first-order chi connectivity index (χ1) is 21.2. The molecule has 0 amide bonds. The number of carboxylic acid groups (broad SMARTS) is 1. The van der Waals surface area contributed by atoms with E-state index in [1.54, 1.807) is 30.3 Å². The van der Waals surface area contributed by atoms with E-state index in [9.17, 15) is 22.7 Å². The number of rotatable bonds is 9. The van der Waals surface area contributed by atoms with Crippen LogP contribution in [0.2, 0.25) is 0 Å². The monoisotopic (exact) mass is 618 g/mol. The molecular weight excluding hydrogens is 587 g/mol. The summed E-state index contributed by atoms with van der Waals surface area (Å²) in [7, 11) is -4.25. The normalized spacial score (nSPS) is 18.0. The number of piperidine rings is 1. The highest BCUT2D eigenvalue weighted by Gasteiger charge is 2.26. The molecule has 4 aromatic rings. The number of benzene rings is 2. The van der Waals surface area contributed by atoms with E-state index < -0.39 is 26.7 Å². The highest BCUT2D eigenvalue weighted by atomic mass is 32.2. The Labute approximate surface area is 254 Å². The molecule has 2 aliphatic heterocycles. The van der Waals surface area contributed by atoms with E-state index in [0.29, 0.717) is 13.1 Å². The van der Waals surface area contributed by atoms with Crippen molar-refractivity contribution in [2.45, 2.75) is 55.7 Å². The maximum absolute atomic E-state index is 14.4. The Morgan fingerprint density at radius 1 is 1.11 bits per heavy atom. The smallest absolute Gasteiger partial charge is 0.335 e. The second-order valence-electron chi connectivity index (χ2n) is 11.1. The average Bonchev–Trinajstić information content (AvgIpc) is 3.65. The number of ether oxygens (including phenoxy) is 1. The van der Waals surface area contributed by atoms with E-state index in [2.05, 4.69) is 19.2 Å². The fraction of sp³-hybridized carbons (Fsp3) is 0.355. The summed E-state index contributed by atoms with van der Waals surface area (Å²) >= 11 is 0. The van der Waals surface area contributed by atoms with Gasteiger partial charge in [0.05, 0.1) is 47.4 Å². The maximum Gasteiger partial charge on any atom is 0.335 e. The molecule has 4 heterocycles. The number of likely N-dealkylation sites (tertiary alicyclic amines) is 1. The largest absolute Gasteiger partial charge is 0.478 e. The summed E-state index contributed by atoms with van der Waals surface area (Å²) in [6.45, 7) is 3.47. The van der Waals surface area contributed by atoms with Gasteiger partial charge in [0.1, 0.15) is 22.4 Å². The summed E-state index contributed by atoms with van der Waals surface area (Å²) in [6.07, 6.45) is 3.61. The number of carbonyl (C=O) groups is 1. The molecule has 2 aliphatic rings. The minimum absolute atomic E-state index is 0.0281. The topological polar surface area (TPSA) is 150 Å². The number of fused-ring (bicyclic) bond motifs is 1. The standard InChI is InChI=1S/C31H31FN6O5S/c32-24-15-20(17-33)6-9-28(24)44(41,42)36-29-5-1-4-25(34-29)21-10-12-37(13-11-21)19-30-35-26-8-7-22(31(39)40)16-27(26)38(30)18-23-3-2-14-43-23/h1,4-9,15-16,21,23H,2-3,10-14,18-19H2,(H,34,36)(H,39,40)/t23-/m0/s1. The molecule has 2 aromatic carbocycles. The van der Waals surface area contributed by atoms with Gasteiger partial charge in [-0.2, -0.15) is 5.26 Å². The molecule has 6 rings (SSSR count). The van der Waals surface area contributed by atoms with Crippen molar-refractivity contribution in [3.63, 3.8) is 0 Å². The van der Waals surface area contributed by atoms with E-state index in [-0.39, 0.29) is 29.0 Å². The molecule has 2 fully saturated rings. The lowest BCUT2D eigenvalue weighted by Gasteiger charge is -2.31. The number of sulfonamides is 1. The fourth-order valence-corrected chi connectivity index (χ4v) is 6.99. The van der Waals surface area contributed by atoms with E-state index in [1.807, 2.05) is 6.07 Å². The minimum Gasteiger partial charge on any atom is -0.478 e. The Balaban J connectivity index is 1.14. The molecule has 0 aliphatic carbocycles. The van der Waals surface area contributed by atoms with Crippen molar-refractivity contribution < 1.29 is 27.4 Å². The molecule has 2 saturated heterocycles. The molecule has 2 aromatic heterocycles. The van der Waals surface area contributed by atoms with Gasteiger partial charge in [-0.3, -0.25) is 9.62 Å². The highest BCUT2D eigenvalue weighted by molar-refractivity contribution is 7.92. The van der Waals surface area contributed by atoms with E-state index >= 15 is 0 Å². The zero-order valence-corrected chi connectivity index (χ0v) is 24.6. The summed E-state index contributed by atoms with van der Waals surface area (Å²) in [6, 6.07) is 15.1. The van der Waals surface area contributed by atoms with Crippen molar-refractivity contribution in [2.24, 2.45) is 0 Å². The van der Waals surface area contributed by atoms with Gasteiger partial charge < -0.3 is 14.4 Å². The molecule has 0 unspecified atom stereocenters. The number of nitrogens with zero attached hydrogens (tertiary/aromatic N) is 5. The van der Waals surface area contributed by atoms with Crippen LogP contribution < -0.4 is 4.72 Å². The third kappa shape index (κ3) is 6.28. The van der Waals surface area contributed by atoms with Crippen molar-refractivity contribution in [1.82, 2.24) is 19.4 Å². The summed E-state index contributed by atoms with van der Waals surface area (Å²) in [5.74, 6) is -0.927. The molecule has 44 heavy (non-hydrogen) atoms. The molecule has 2 N–H and O–H groups in total. The number of carboxylic acids is 1. The van der Waals surface area contributed by atoms with Crippen LogP contribution in [0.5, 0.6) is 0 Å². The average molecular weight is 619 g/mol. The van der Waals surface area contributed by atoms with E-state index in [0.717, 1.165) is 80.1 Å². The van der Waals surface area contributed by atoms with Crippen LogP contribution in [0.3, 0.4) is 0 Å². The third-order valence-corrected chi connectivity index (χ3v) is 9.60. The zero-order valence-electron chi connectivity index (χ0n) is 23.8. The second-order valence-corrected chi connectivity index (χ2v) is 12.8. The van der Waals surface area contributed by atoms with E-state index in [1.165, 1.54) is 12.1 Å². The maximum atomic E-state index is 14.4. The number of hydrogen-bond donors (Lipinski definition) is 2. The van der Waals surface area contributed by atoms with Gasteiger partial charge in [0.2, 0.25) is 0 Å². The molecule has 1 atom stereocenters. The summed E-state index contributed by atoms with van der Waals surface area (Å²) in [5, 5.41) is 18.5. The zero-order chi connectivity index (χ0) is 30.8. The predicted octanol–water partition coefficient (Wildman–Crippen LogP) is 4.50. The van der Waals surface area contributed by atoms with Crippen molar-refractivity contribution in [3.05, 3.63) is 83.1 Å². The predicted molar refractivity (Wildman–Crippen MR) is 159 cm³/mol. The molecular formula is C31H31FN6O5S. The Bertz CT molecular complexity index is 1860.